The molecule has 0 radical (unpaired) electrons. The van der Waals surface area contributed by atoms with E-state index in [1.165, 1.54) is 0 Å². The molecule has 2 amide bonds. The Morgan fingerprint density at radius 1 is 1.19 bits per heavy atom. The van der Waals surface area contributed by atoms with Gasteiger partial charge in [0, 0.05) is 22.2 Å². The Labute approximate surface area is 165 Å². The van der Waals surface area contributed by atoms with Gasteiger partial charge in [-0.25, -0.2) is 0 Å². The minimum atomic E-state index is -0.763. The Hall–Kier alpha value is -1.75. The van der Waals surface area contributed by atoms with Crippen molar-refractivity contribution < 1.29 is 9.59 Å². The number of hydrogen-bond acceptors (Lipinski definition) is 3. The molecular formula is C21H28ClN3O2. The molecule has 4 N–H and O–H groups in total. The topological polar surface area (TPSA) is 84.2 Å². The lowest BCUT2D eigenvalue weighted by atomic mass is 9.47. The Morgan fingerprint density at radius 3 is 2.44 bits per heavy atom. The van der Waals surface area contributed by atoms with Crippen LogP contribution in [0.1, 0.15) is 46.0 Å². The molecule has 0 saturated heterocycles. The third kappa shape index (κ3) is 3.31. The van der Waals surface area contributed by atoms with E-state index in [4.69, 9.17) is 17.3 Å². The average Bonchev–Trinajstić information content (AvgIpc) is 2.56. The van der Waals surface area contributed by atoms with E-state index in [2.05, 4.69) is 10.6 Å². The van der Waals surface area contributed by atoms with Crippen molar-refractivity contribution in [2.24, 2.45) is 28.9 Å². The second-order valence-electron chi connectivity index (χ2n) is 9.37. The van der Waals surface area contributed by atoms with Gasteiger partial charge in [-0.15, -0.1) is 0 Å². The van der Waals surface area contributed by atoms with Gasteiger partial charge in [-0.3, -0.25) is 9.59 Å². The van der Waals surface area contributed by atoms with Crippen LogP contribution in [0.4, 0.5) is 5.69 Å². The summed E-state index contributed by atoms with van der Waals surface area (Å²) in [7, 11) is 0. The van der Waals surface area contributed by atoms with Crippen LogP contribution in [0.25, 0.3) is 0 Å². The number of benzene rings is 1. The molecule has 0 spiro atoms. The first kappa shape index (κ1) is 18.6. The van der Waals surface area contributed by atoms with E-state index < -0.39 is 5.54 Å². The summed E-state index contributed by atoms with van der Waals surface area (Å²) in [6.07, 6.45) is 4.78. The third-order valence-electron chi connectivity index (χ3n) is 6.94. The molecule has 1 aromatic carbocycles. The van der Waals surface area contributed by atoms with Gasteiger partial charge in [-0.1, -0.05) is 17.7 Å². The second kappa shape index (κ2) is 6.40. The number of nitrogens with two attached hydrogens (primary N) is 1. The Bertz CT molecular complexity index is 762. The summed E-state index contributed by atoms with van der Waals surface area (Å²) in [5.74, 6) is 1.13. The monoisotopic (exact) mass is 389 g/mol. The highest BCUT2D eigenvalue weighted by Crippen LogP contribution is 2.59. The fraction of sp³-hybridized carbons (Fsp3) is 0.619. The first-order valence-electron chi connectivity index (χ1n) is 9.83. The van der Waals surface area contributed by atoms with Gasteiger partial charge in [-0.2, -0.15) is 0 Å². The van der Waals surface area contributed by atoms with Crippen molar-refractivity contribution in [2.45, 2.75) is 57.5 Å². The summed E-state index contributed by atoms with van der Waals surface area (Å²) in [6.45, 7) is 3.76. The SMILES string of the molecule is CC(C)(Nc1cccc(Cl)c1)C(=O)NC1C2CC3CC1CC(C(N)=O)(C3)C2. The maximum atomic E-state index is 13.1. The number of hydrogen-bond donors (Lipinski definition) is 3. The number of anilines is 1. The van der Waals surface area contributed by atoms with Crippen LogP contribution in [0.2, 0.25) is 5.02 Å². The van der Waals surface area contributed by atoms with Crippen LogP contribution in [0, 0.1) is 23.2 Å². The van der Waals surface area contributed by atoms with E-state index in [0.29, 0.717) is 22.8 Å². The molecule has 4 bridgehead atoms. The lowest BCUT2D eigenvalue weighted by molar-refractivity contribution is -0.147. The summed E-state index contributed by atoms with van der Waals surface area (Å²) in [4.78, 5) is 25.1. The quantitative estimate of drug-likeness (QED) is 0.722. The second-order valence-corrected chi connectivity index (χ2v) is 9.81. The lowest BCUT2D eigenvalue weighted by Gasteiger charge is -2.59. The van der Waals surface area contributed by atoms with Crippen LogP contribution in [-0.2, 0) is 9.59 Å². The molecule has 0 aliphatic heterocycles. The van der Waals surface area contributed by atoms with Gasteiger partial charge in [-0.05, 0) is 81.9 Å². The van der Waals surface area contributed by atoms with Crippen molar-refractivity contribution in [1.29, 1.82) is 0 Å². The normalized spacial score (nSPS) is 34.3. The maximum absolute atomic E-state index is 13.1. The molecule has 2 atom stereocenters. The van der Waals surface area contributed by atoms with Crippen molar-refractivity contribution in [3.05, 3.63) is 29.3 Å². The molecule has 4 saturated carbocycles. The minimum absolute atomic E-state index is 0.0203. The predicted molar refractivity (Wildman–Crippen MR) is 106 cm³/mol. The number of nitrogens with one attached hydrogen (secondary N) is 2. The highest BCUT2D eigenvalue weighted by Gasteiger charge is 2.58. The summed E-state index contributed by atoms with van der Waals surface area (Å²) in [5, 5.41) is 7.23. The van der Waals surface area contributed by atoms with Gasteiger partial charge in [0.1, 0.15) is 5.54 Å². The van der Waals surface area contributed by atoms with E-state index >= 15 is 0 Å². The smallest absolute Gasteiger partial charge is 0.245 e. The molecule has 5 nitrogen and oxygen atoms in total. The van der Waals surface area contributed by atoms with E-state index in [-0.39, 0.29) is 23.3 Å². The highest BCUT2D eigenvalue weighted by molar-refractivity contribution is 6.30. The summed E-state index contributed by atoms with van der Waals surface area (Å²) < 4.78 is 0. The molecule has 27 heavy (non-hydrogen) atoms. The number of carbonyl (C=O) groups is 2. The van der Waals surface area contributed by atoms with E-state index in [0.717, 1.165) is 37.8 Å². The molecule has 1 aromatic rings. The van der Waals surface area contributed by atoms with Crippen LogP contribution in [-0.4, -0.2) is 23.4 Å². The number of primary amides is 1. The van der Waals surface area contributed by atoms with Crippen LogP contribution in [0.15, 0.2) is 24.3 Å². The van der Waals surface area contributed by atoms with E-state index in [1.807, 2.05) is 38.1 Å². The zero-order valence-corrected chi connectivity index (χ0v) is 16.7. The molecule has 4 fully saturated rings. The molecule has 6 heteroatoms. The molecular weight excluding hydrogens is 362 g/mol. The first-order valence-corrected chi connectivity index (χ1v) is 10.2. The van der Waals surface area contributed by atoms with Gasteiger partial charge in [0.05, 0.1) is 0 Å². The Balaban J connectivity index is 1.46. The van der Waals surface area contributed by atoms with Crippen molar-refractivity contribution in [3.63, 3.8) is 0 Å². The molecule has 4 aliphatic rings. The number of halogens is 1. The predicted octanol–water partition coefficient (Wildman–Crippen LogP) is 3.33. The summed E-state index contributed by atoms with van der Waals surface area (Å²) in [6, 6.07) is 7.53. The van der Waals surface area contributed by atoms with Gasteiger partial charge >= 0.3 is 0 Å². The van der Waals surface area contributed by atoms with Crippen molar-refractivity contribution in [2.75, 3.05) is 5.32 Å². The van der Waals surface area contributed by atoms with E-state index in [9.17, 15) is 9.59 Å². The highest BCUT2D eigenvalue weighted by atomic mass is 35.5. The minimum Gasteiger partial charge on any atom is -0.372 e. The van der Waals surface area contributed by atoms with Crippen LogP contribution >= 0.6 is 11.6 Å². The summed E-state index contributed by atoms with van der Waals surface area (Å²) >= 11 is 6.05. The number of amides is 2. The lowest BCUT2D eigenvalue weighted by Crippen LogP contribution is -2.64. The van der Waals surface area contributed by atoms with Gasteiger partial charge in [0.15, 0.2) is 0 Å². The number of rotatable bonds is 5. The van der Waals surface area contributed by atoms with Crippen molar-refractivity contribution in [1.82, 2.24) is 5.32 Å². The third-order valence-corrected chi connectivity index (χ3v) is 7.18. The largest absolute Gasteiger partial charge is 0.372 e. The molecule has 4 aliphatic carbocycles. The van der Waals surface area contributed by atoms with Crippen molar-refractivity contribution in [3.8, 4) is 0 Å². The first-order chi connectivity index (χ1) is 12.7. The average molecular weight is 390 g/mol. The molecule has 146 valence electrons. The molecule has 0 heterocycles. The van der Waals surface area contributed by atoms with Crippen LogP contribution < -0.4 is 16.4 Å². The van der Waals surface area contributed by atoms with Gasteiger partial charge in [0.25, 0.3) is 0 Å². The van der Waals surface area contributed by atoms with Crippen LogP contribution in [0.3, 0.4) is 0 Å². The summed E-state index contributed by atoms with van der Waals surface area (Å²) in [5.41, 5.74) is 5.49. The van der Waals surface area contributed by atoms with Crippen molar-refractivity contribution >= 4 is 29.1 Å². The maximum Gasteiger partial charge on any atom is 0.245 e. The molecule has 2 unspecified atom stereocenters. The van der Waals surface area contributed by atoms with E-state index in [1.54, 1.807) is 0 Å². The standard InChI is InChI=1S/C21H28ClN3O2/c1-20(2,25-16-5-3-4-15(22)8-16)19(27)24-17-13-6-12-7-14(17)11-21(9-12,10-13)18(23)26/h3-5,8,12-14,17,25H,6-7,9-11H2,1-2H3,(H2,23,26)(H,24,27). The molecule has 0 aromatic heterocycles. The Kier molecular flexibility index (Phi) is 4.41. The fourth-order valence-corrected chi connectivity index (χ4v) is 6.07. The zero-order chi connectivity index (χ0) is 19.4. The fourth-order valence-electron chi connectivity index (χ4n) is 5.88. The zero-order valence-electron chi connectivity index (χ0n) is 15.9. The Morgan fingerprint density at radius 2 is 1.85 bits per heavy atom. The van der Waals surface area contributed by atoms with Gasteiger partial charge in [0.2, 0.25) is 11.8 Å². The van der Waals surface area contributed by atoms with Gasteiger partial charge < -0.3 is 16.4 Å². The van der Waals surface area contributed by atoms with Crippen LogP contribution in [0.5, 0.6) is 0 Å². The molecule has 5 rings (SSSR count). The number of carbonyl (C=O) groups excluding carboxylic acids is 2.